The van der Waals surface area contributed by atoms with Gasteiger partial charge in [-0.25, -0.2) is 4.98 Å². The van der Waals surface area contributed by atoms with Gasteiger partial charge in [-0.1, -0.05) is 0 Å². The maximum absolute atomic E-state index is 12.4. The van der Waals surface area contributed by atoms with Crippen LogP contribution < -0.4 is 15.4 Å². The third-order valence-corrected chi connectivity index (χ3v) is 2.83. The van der Waals surface area contributed by atoms with Crippen LogP contribution in [0, 0.1) is 0 Å². The summed E-state index contributed by atoms with van der Waals surface area (Å²) in [7, 11) is 0. The van der Waals surface area contributed by atoms with Crippen LogP contribution in [0.25, 0.3) is 0 Å². The van der Waals surface area contributed by atoms with Crippen molar-refractivity contribution in [3.8, 4) is 5.75 Å². The lowest BCUT2D eigenvalue weighted by atomic mass is 10.1. The van der Waals surface area contributed by atoms with Crippen LogP contribution >= 0.6 is 0 Å². The average molecular weight is 279 g/mol. The highest BCUT2D eigenvalue weighted by molar-refractivity contribution is 6.04. The average Bonchev–Trinajstić information content (AvgIpc) is 2.34. The Morgan fingerprint density at radius 1 is 1.55 bits per heavy atom. The molecule has 1 aliphatic heterocycles. The van der Waals surface area contributed by atoms with Crippen LogP contribution in [0.1, 0.15) is 20.8 Å². The van der Waals surface area contributed by atoms with Gasteiger partial charge in [0.2, 0.25) is 0 Å². The van der Waals surface area contributed by atoms with E-state index in [1.54, 1.807) is 26.8 Å². The highest BCUT2D eigenvalue weighted by Gasteiger charge is 2.42. The normalized spacial score (nSPS) is 16.4. The van der Waals surface area contributed by atoms with Crippen LogP contribution in [0.3, 0.4) is 0 Å². The van der Waals surface area contributed by atoms with Gasteiger partial charge in [0, 0.05) is 6.07 Å². The molecule has 0 saturated carbocycles. The molecule has 0 aliphatic carbocycles. The number of amides is 1. The molecular weight excluding hydrogens is 262 g/mol. The molecule has 2 rings (SSSR count). The molecule has 0 bridgehead atoms. The minimum atomic E-state index is -1.09. The van der Waals surface area contributed by atoms with Gasteiger partial charge in [0.25, 0.3) is 5.91 Å². The Morgan fingerprint density at radius 3 is 2.90 bits per heavy atom. The molecule has 7 heteroatoms. The Balaban J connectivity index is 2.39. The molecule has 2 N–H and O–H groups in total. The Hall–Kier alpha value is -2.31. The van der Waals surface area contributed by atoms with E-state index in [2.05, 4.69) is 4.98 Å². The number of fused-ring (bicyclic) bond motifs is 1. The van der Waals surface area contributed by atoms with Crippen LogP contribution in [0.15, 0.2) is 12.3 Å². The van der Waals surface area contributed by atoms with Gasteiger partial charge in [0.05, 0.1) is 18.5 Å². The highest BCUT2D eigenvalue weighted by Crippen LogP contribution is 2.36. The Bertz CT molecular complexity index is 557. The predicted octanol–water partition coefficient (Wildman–Crippen LogP) is 0.731. The maximum Gasteiger partial charge on any atom is 0.326 e. The number of hydrogen-bond donors (Lipinski definition) is 1. The van der Waals surface area contributed by atoms with Crippen molar-refractivity contribution in [3.05, 3.63) is 12.3 Å². The first kappa shape index (κ1) is 14.1. The van der Waals surface area contributed by atoms with Gasteiger partial charge in [-0.2, -0.15) is 0 Å². The van der Waals surface area contributed by atoms with Gasteiger partial charge < -0.3 is 15.2 Å². The second-order valence-corrected chi connectivity index (χ2v) is 4.90. The number of nitrogens with two attached hydrogens (primary N) is 1. The summed E-state index contributed by atoms with van der Waals surface area (Å²) in [6.45, 7) is 5.00. The fraction of sp³-hybridized carbons (Fsp3) is 0.462. The molecule has 20 heavy (non-hydrogen) atoms. The topological polar surface area (TPSA) is 94.8 Å². The quantitative estimate of drug-likeness (QED) is 0.820. The Labute approximate surface area is 116 Å². The van der Waals surface area contributed by atoms with E-state index in [0.29, 0.717) is 11.4 Å². The lowest BCUT2D eigenvalue weighted by molar-refractivity contribution is -0.144. The number of ether oxygens (including phenoxy) is 2. The molecule has 7 nitrogen and oxygen atoms in total. The van der Waals surface area contributed by atoms with Gasteiger partial charge in [-0.15, -0.1) is 0 Å². The molecule has 1 aliphatic rings. The maximum atomic E-state index is 12.4. The predicted molar refractivity (Wildman–Crippen MR) is 72.3 cm³/mol. The first-order valence-corrected chi connectivity index (χ1v) is 6.27. The molecule has 1 aromatic heterocycles. The molecule has 0 aromatic carbocycles. The largest absolute Gasteiger partial charge is 0.474 e. The van der Waals surface area contributed by atoms with E-state index in [1.165, 1.54) is 11.1 Å². The summed E-state index contributed by atoms with van der Waals surface area (Å²) < 4.78 is 10.5. The Morgan fingerprint density at radius 2 is 2.25 bits per heavy atom. The fourth-order valence-electron chi connectivity index (χ4n) is 1.95. The number of nitrogens with zero attached hydrogens (tertiary/aromatic N) is 2. The van der Waals surface area contributed by atoms with E-state index >= 15 is 0 Å². The molecule has 0 atom stereocenters. The van der Waals surface area contributed by atoms with Gasteiger partial charge in [0.1, 0.15) is 6.54 Å². The lowest BCUT2D eigenvalue weighted by Gasteiger charge is -2.37. The SMILES string of the molecule is CCOC(=O)CN1C(=O)C(C)(C)Oc2cc(N)cnc21. The molecular formula is C13H17N3O4. The first-order valence-electron chi connectivity index (χ1n) is 6.27. The van der Waals surface area contributed by atoms with Crippen LogP contribution in [0.4, 0.5) is 11.5 Å². The molecule has 0 radical (unpaired) electrons. The summed E-state index contributed by atoms with van der Waals surface area (Å²) >= 11 is 0. The van der Waals surface area contributed by atoms with Crippen molar-refractivity contribution in [1.82, 2.24) is 4.98 Å². The second-order valence-electron chi connectivity index (χ2n) is 4.90. The summed E-state index contributed by atoms with van der Waals surface area (Å²) in [6.07, 6.45) is 1.41. The minimum Gasteiger partial charge on any atom is -0.474 e. The number of pyridine rings is 1. The third-order valence-electron chi connectivity index (χ3n) is 2.83. The van der Waals surface area contributed by atoms with E-state index in [9.17, 15) is 9.59 Å². The standard InChI is InChI=1S/C13H17N3O4/c1-4-19-10(17)7-16-11-9(5-8(14)6-15-11)20-13(2,3)12(16)18/h5-6H,4,7,14H2,1-3H3. The van der Waals surface area contributed by atoms with Gasteiger partial charge in [-0.05, 0) is 20.8 Å². The van der Waals surface area contributed by atoms with Crippen LogP contribution in [0.5, 0.6) is 5.75 Å². The lowest BCUT2D eigenvalue weighted by Crippen LogP contribution is -2.54. The number of hydrogen-bond acceptors (Lipinski definition) is 6. The first-order chi connectivity index (χ1) is 9.35. The summed E-state index contributed by atoms with van der Waals surface area (Å²) in [5, 5.41) is 0. The van der Waals surface area contributed by atoms with Crippen LogP contribution in [0.2, 0.25) is 0 Å². The minimum absolute atomic E-state index is 0.205. The van der Waals surface area contributed by atoms with Crippen molar-refractivity contribution in [2.75, 3.05) is 23.8 Å². The van der Waals surface area contributed by atoms with Crippen molar-refractivity contribution in [2.24, 2.45) is 0 Å². The van der Waals surface area contributed by atoms with Gasteiger partial charge >= 0.3 is 5.97 Å². The number of aromatic nitrogens is 1. The number of rotatable bonds is 3. The number of esters is 1. The fourth-order valence-corrected chi connectivity index (χ4v) is 1.95. The number of carbonyl (C=O) groups is 2. The van der Waals surface area contributed by atoms with Crippen molar-refractivity contribution < 1.29 is 19.1 Å². The van der Waals surface area contributed by atoms with Gasteiger partial charge in [0.15, 0.2) is 17.2 Å². The van der Waals surface area contributed by atoms with Crippen molar-refractivity contribution in [1.29, 1.82) is 0 Å². The molecule has 0 saturated heterocycles. The van der Waals surface area contributed by atoms with Crippen LogP contribution in [-0.4, -0.2) is 35.6 Å². The number of nitrogen functional groups attached to an aromatic ring is 1. The molecule has 0 fully saturated rings. The summed E-state index contributed by atoms with van der Waals surface area (Å²) in [4.78, 5) is 29.3. The summed E-state index contributed by atoms with van der Waals surface area (Å²) in [5.74, 6) is -0.200. The number of anilines is 2. The molecule has 2 heterocycles. The van der Waals surface area contributed by atoms with E-state index in [0.717, 1.165) is 0 Å². The summed E-state index contributed by atoms with van der Waals surface area (Å²) in [5.41, 5.74) is 4.99. The van der Waals surface area contributed by atoms with E-state index < -0.39 is 11.6 Å². The van der Waals surface area contributed by atoms with Crippen molar-refractivity contribution in [3.63, 3.8) is 0 Å². The molecule has 0 unspecified atom stereocenters. The summed E-state index contributed by atoms with van der Waals surface area (Å²) in [6, 6.07) is 1.58. The zero-order chi connectivity index (χ0) is 14.9. The molecule has 1 aromatic rings. The van der Waals surface area contributed by atoms with Crippen molar-refractivity contribution in [2.45, 2.75) is 26.4 Å². The second kappa shape index (κ2) is 4.99. The number of carbonyl (C=O) groups excluding carboxylic acids is 2. The Kier molecular flexibility index (Phi) is 3.52. The van der Waals surface area contributed by atoms with Crippen LogP contribution in [-0.2, 0) is 14.3 Å². The monoisotopic (exact) mass is 279 g/mol. The van der Waals surface area contributed by atoms with Crippen molar-refractivity contribution >= 4 is 23.4 Å². The van der Waals surface area contributed by atoms with Gasteiger partial charge in [-0.3, -0.25) is 14.5 Å². The molecule has 1 amide bonds. The smallest absolute Gasteiger partial charge is 0.326 e. The third kappa shape index (κ3) is 2.52. The zero-order valence-electron chi connectivity index (χ0n) is 11.7. The van der Waals surface area contributed by atoms with E-state index in [1.807, 2.05) is 0 Å². The molecule has 0 spiro atoms. The zero-order valence-corrected chi connectivity index (χ0v) is 11.7. The van der Waals surface area contributed by atoms with E-state index in [4.69, 9.17) is 15.2 Å². The van der Waals surface area contributed by atoms with E-state index in [-0.39, 0.29) is 24.9 Å². The molecule has 108 valence electrons. The highest BCUT2D eigenvalue weighted by atomic mass is 16.5.